The number of aromatic nitrogens is 3. The van der Waals surface area contributed by atoms with Gasteiger partial charge in [-0.3, -0.25) is 4.79 Å². The Morgan fingerprint density at radius 3 is 2.28 bits per heavy atom. The highest BCUT2D eigenvalue weighted by Crippen LogP contribution is 2.54. The zero-order valence-corrected chi connectivity index (χ0v) is 22.2. The third kappa shape index (κ3) is 5.49. The van der Waals surface area contributed by atoms with Crippen LogP contribution in [0.25, 0.3) is 0 Å². The number of rotatable bonds is 7. The zero-order valence-electron chi connectivity index (χ0n) is 22.2. The summed E-state index contributed by atoms with van der Waals surface area (Å²) in [5.74, 6) is -1.21. The molecular weight excluding hydrogens is 508 g/mol. The van der Waals surface area contributed by atoms with Gasteiger partial charge in [0.15, 0.2) is 0 Å². The molecule has 1 aliphatic carbocycles. The van der Waals surface area contributed by atoms with Crippen LogP contribution in [0.1, 0.15) is 54.6 Å². The average molecular weight is 544 g/mol. The van der Waals surface area contributed by atoms with Gasteiger partial charge in [-0.2, -0.15) is 4.98 Å². The molecule has 4 fully saturated rings. The molecule has 0 radical (unpaired) electrons. The fraction of sp³-hybridized carbons (Fsp3) is 0.630. The Bertz CT molecular complexity index is 1230. The maximum atomic E-state index is 13.7. The highest BCUT2D eigenvalue weighted by Gasteiger charge is 2.45. The second-order valence-corrected chi connectivity index (χ2v) is 11.6. The number of hydrogen-bond acceptors (Lipinski definition) is 9. The lowest BCUT2D eigenvalue weighted by Crippen LogP contribution is -2.58. The molecule has 12 heteroatoms. The van der Waals surface area contributed by atoms with Crippen molar-refractivity contribution in [3.05, 3.63) is 29.5 Å². The first kappa shape index (κ1) is 26.1. The van der Waals surface area contributed by atoms with E-state index in [1.54, 1.807) is 30.0 Å². The molecular formula is C27H35F2N7O3. The molecule has 0 aromatic carbocycles. The number of piperidine rings is 2. The largest absolute Gasteiger partial charge is 0.394 e. The summed E-state index contributed by atoms with van der Waals surface area (Å²) in [6.07, 6.45) is 4.19. The molecule has 0 bridgehead atoms. The van der Waals surface area contributed by atoms with Crippen molar-refractivity contribution < 1.29 is 23.4 Å². The number of aryl methyl sites for hydroxylation is 1. The molecule has 3 aliphatic heterocycles. The highest BCUT2D eigenvalue weighted by molar-refractivity contribution is 6.07. The molecule has 3 N–H and O–H groups in total. The Hall–Kier alpha value is -3.12. The Morgan fingerprint density at radius 1 is 0.974 bits per heavy atom. The monoisotopic (exact) mass is 543 g/mol. The van der Waals surface area contributed by atoms with Gasteiger partial charge in [-0.15, -0.1) is 0 Å². The average Bonchev–Trinajstić information content (AvgIpc) is 3.64. The lowest BCUT2D eigenvalue weighted by molar-refractivity contribution is -0.0651. The Morgan fingerprint density at radius 2 is 1.67 bits per heavy atom. The minimum absolute atomic E-state index is 0.0808. The summed E-state index contributed by atoms with van der Waals surface area (Å²) in [7, 11) is 0. The topological polar surface area (TPSA) is 116 Å². The number of nitrogens with one attached hydrogen (secondary N) is 2. The summed E-state index contributed by atoms with van der Waals surface area (Å²) in [5.41, 5.74) is 0.951. The Balaban J connectivity index is 1.24. The van der Waals surface area contributed by atoms with Crippen molar-refractivity contribution in [2.24, 2.45) is 5.41 Å². The van der Waals surface area contributed by atoms with Crippen molar-refractivity contribution in [2.75, 3.05) is 66.4 Å². The summed E-state index contributed by atoms with van der Waals surface area (Å²) >= 11 is 0. The van der Waals surface area contributed by atoms with Crippen LogP contribution in [0.3, 0.4) is 0 Å². The smallest absolute Gasteiger partial charge is 0.260 e. The standard InChI is InChI=1S/C27H35F2N7O3/c1-18-14-21(33-24(30-18)36-12-8-27(28,29)9-13-36)32-23(38)19-2-3-20(34-26(15-37)16-39-17-26)31-22(19)35-10-6-25(4-5-25)7-11-35/h2-3,14,37H,4-13,15-17H2,1H3,(H,31,34)(H,30,32,33,38). The first-order valence-electron chi connectivity index (χ1n) is 13.7. The van der Waals surface area contributed by atoms with E-state index in [1.165, 1.54) is 12.8 Å². The highest BCUT2D eigenvalue weighted by atomic mass is 19.3. The minimum Gasteiger partial charge on any atom is -0.394 e. The zero-order chi connectivity index (χ0) is 27.3. The molecule has 3 saturated heterocycles. The van der Waals surface area contributed by atoms with Crippen LogP contribution >= 0.6 is 0 Å². The van der Waals surface area contributed by atoms with Crippen LogP contribution in [0.4, 0.5) is 32.2 Å². The molecule has 210 valence electrons. The van der Waals surface area contributed by atoms with E-state index in [-0.39, 0.29) is 38.4 Å². The van der Waals surface area contributed by atoms with Crippen LogP contribution in [0.15, 0.2) is 18.2 Å². The van der Waals surface area contributed by atoms with Gasteiger partial charge < -0.3 is 30.3 Å². The third-order valence-electron chi connectivity index (χ3n) is 8.51. The van der Waals surface area contributed by atoms with Gasteiger partial charge in [0.25, 0.3) is 11.8 Å². The van der Waals surface area contributed by atoms with E-state index >= 15 is 0 Å². The molecule has 39 heavy (non-hydrogen) atoms. The van der Waals surface area contributed by atoms with Gasteiger partial charge in [-0.1, -0.05) is 0 Å². The van der Waals surface area contributed by atoms with E-state index in [4.69, 9.17) is 9.72 Å². The maximum absolute atomic E-state index is 13.7. The van der Waals surface area contributed by atoms with Gasteiger partial charge in [0, 0.05) is 50.8 Å². The van der Waals surface area contributed by atoms with E-state index < -0.39 is 11.5 Å². The van der Waals surface area contributed by atoms with Gasteiger partial charge in [-0.25, -0.2) is 18.7 Å². The molecule has 1 saturated carbocycles. The van der Waals surface area contributed by atoms with Crippen molar-refractivity contribution in [3.8, 4) is 0 Å². The molecule has 2 aromatic heterocycles. The maximum Gasteiger partial charge on any atom is 0.260 e. The van der Waals surface area contributed by atoms with Crippen LogP contribution in [-0.4, -0.2) is 83.4 Å². The van der Waals surface area contributed by atoms with E-state index in [1.807, 2.05) is 0 Å². The molecule has 0 unspecified atom stereocenters. The summed E-state index contributed by atoms with van der Waals surface area (Å²) in [6.45, 7) is 4.44. The third-order valence-corrected chi connectivity index (χ3v) is 8.51. The van der Waals surface area contributed by atoms with Gasteiger partial charge in [0.05, 0.1) is 25.4 Å². The van der Waals surface area contributed by atoms with Gasteiger partial charge in [0.2, 0.25) is 5.95 Å². The number of anilines is 4. The van der Waals surface area contributed by atoms with Crippen molar-refractivity contribution in [1.82, 2.24) is 15.0 Å². The lowest BCUT2D eigenvalue weighted by atomic mass is 9.93. The van der Waals surface area contributed by atoms with Crippen molar-refractivity contribution in [3.63, 3.8) is 0 Å². The molecule has 5 heterocycles. The molecule has 0 atom stereocenters. The van der Waals surface area contributed by atoms with E-state index in [0.29, 0.717) is 53.3 Å². The van der Waals surface area contributed by atoms with E-state index in [9.17, 15) is 18.7 Å². The number of aliphatic hydroxyl groups is 1. The summed E-state index contributed by atoms with van der Waals surface area (Å²) in [5, 5.41) is 16.0. The molecule has 4 aliphatic rings. The van der Waals surface area contributed by atoms with Crippen molar-refractivity contribution in [2.45, 2.75) is 56.9 Å². The molecule has 1 spiro atoms. The second-order valence-electron chi connectivity index (χ2n) is 11.6. The molecule has 2 aromatic rings. The van der Waals surface area contributed by atoms with Crippen molar-refractivity contribution in [1.29, 1.82) is 0 Å². The van der Waals surface area contributed by atoms with E-state index in [2.05, 4.69) is 25.5 Å². The quantitative estimate of drug-likeness (QED) is 0.484. The summed E-state index contributed by atoms with van der Waals surface area (Å²) in [4.78, 5) is 31.2. The fourth-order valence-corrected chi connectivity index (χ4v) is 5.60. The number of amides is 1. The Kier molecular flexibility index (Phi) is 6.57. The SMILES string of the molecule is Cc1cc(NC(=O)c2ccc(NC3(CO)COC3)nc2N2CCC3(CC2)CC3)nc(N2CCC(F)(F)CC2)n1. The van der Waals surface area contributed by atoms with Gasteiger partial charge >= 0.3 is 0 Å². The molecule has 1 amide bonds. The Labute approximate surface area is 226 Å². The minimum atomic E-state index is -2.67. The number of carbonyl (C=O) groups is 1. The normalized spacial score (nSPS) is 22.8. The summed E-state index contributed by atoms with van der Waals surface area (Å²) < 4.78 is 32.6. The lowest BCUT2D eigenvalue weighted by Gasteiger charge is -2.41. The van der Waals surface area contributed by atoms with Crippen LogP contribution in [0.2, 0.25) is 0 Å². The van der Waals surface area contributed by atoms with Gasteiger partial charge in [-0.05, 0) is 50.2 Å². The summed E-state index contributed by atoms with van der Waals surface area (Å²) in [6, 6.07) is 5.15. The number of ether oxygens (including phenoxy) is 1. The van der Waals surface area contributed by atoms with Gasteiger partial charge in [0.1, 0.15) is 23.0 Å². The fourth-order valence-electron chi connectivity index (χ4n) is 5.60. The molecule has 10 nitrogen and oxygen atoms in total. The number of hydrogen-bond donors (Lipinski definition) is 3. The number of aliphatic hydroxyl groups excluding tert-OH is 1. The number of nitrogens with zero attached hydrogens (tertiary/aromatic N) is 5. The van der Waals surface area contributed by atoms with Crippen LogP contribution in [0.5, 0.6) is 0 Å². The van der Waals surface area contributed by atoms with Crippen LogP contribution < -0.4 is 20.4 Å². The first-order chi connectivity index (χ1) is 18.7. The molecule has 6 rings (SSSR count). The predicted octanol–water partition coefficient (Wildman–Crippen LogP) is 3.22. The number of halogens is 2. The van der Waals surface area contributed by atoms with Crippen LogP contribution in [0, 0.1) is 12.3 Å². The number of alkyl halides is 2. The van der Waals surface area contributed by atoms with Crippen LogP contribution in [-0.2, 0) is 4.74 Å². The second kappa shape index (κ2) is 9.81. The van der Waals surface area contributed by atoms with Crippen molar-refractivity contribution >= 4 is 29.3 Å². The first-order valence-corrected chi connectivity index (χ1v) is 13.7. The number of carbonyl (C=O) groups excluding carboxylic acids is 1. The van der Waals surface area contributed by atoms with E-state index in [0.717, 1.165) is 25.9 Å². The predicted molar refractivity (Wildman–Crippen MR) is 143 cm³/mol. The number of pyridine rings is 1.